The van der Waals surface area contributed by atoms with E-state index in [1.54, 1.807) is 55.8 Å². The third-order valence-electron chi connectivity index (χ3n) is 8.86. The van der Waals surface area contributed by atoms with Gasteiger partial charge in [-0.2, -0.15) is 5.26 Å². The Morgan fingerprint density at radius 1 is 0.833 bits per heavy atom. The summed E-state index contributed by atoms with van der Waals surface area (Å²) in [4.78, 5) is 21.7. The fraction of sp³-hybridized carbons (Fsp3) is 0.205. The third-order valence-corrected chi connectivity index (χ3v) is 9.14. The summed E-state index contributed by atoms with van der Waals surface area (Å²) in [5, 5.41) is 9.37. The fourth-order valence-electron chi connectivity index (χ4n) is 5.83. The van der Waals surface area contributed by atoms with Crippen LogP contribution >= 0.6 is 11.6 Å². The van der Waals surface area contributed by atoms with E-state index in [1.807, 2.05) is 60.4 Å². The number of aryl methyl sites for hydroxylation is 1. The number of amides is 1. The Morgan fingerprint density at radius 3 is 2.20 bits per heavy atom. The van der Waals surface area contributed by atoms with Crippen LogP contribution in [-0.4, -0.2) is 60.6 Å². The van der Waals surface area contributed by atoms with Gasteiger partial charge >= 0.3 is 0 Å². The van der Waals surface area contributed by atoms with Gasteiger partial charge in [-0.3, -0.25) is 9.69 Å². The number of rotatable bonds is 14. The lowest BCUT2D eigenvalue weighted by atomic mass is 10.1. The second-order valence-corrected chi connectivity index (χ2v) is 13.2. The molecule has 0 N–H and O–H groups in total. The highest BCUT2D eigenvalue weighted by Gasteiger charge is 2.20. The molecule has 0 saturated carbocycles. The first-order valence-corrected chi connectivity index (χ1v) is 18.0. The van der Waals surface area contributed by atoms with E-state index in [0.29, 0.717) is 54.3 Å². The highest BCUT2D eigenvalue weighted by molar-refractivity contribution is 6.32. The largest absolute Gasteiger partial charge is 0.497 e. The Hall–Kier alpha value is -6.08. The number of ether oxygens (including phenoxy) is 4. The highest BCUT2D eigenvalue weighted by Crippen LogP contribution is 2.34. The first kappa shape index (κ1) is 37.7. The molecular weight excluding hydrogens is 700 g/mol. The molecule has 0 unspecified atom stereocenters. The third kappa shape index (κ3) is 10.7. The molecule has 9 nitrogen and oxygen atoms in total. The Morgan fingerprint density at radius 2 is 1.54 bits per heavy atom. The summed E-state index contributed by atoms with van der Waals surface area (Å²) < 4.78 is 22.8. The van der Waals surface area contributed by atoms with E-state index >= 15 is 0 Å². The van der Waals surface area contributed by atoms with Crippen LogP contribution in [-0.2, 0) is 17.9 Å². The van der Waals surface area contributed by atoms with E-state index in [-0.39, 0.29) is 5.91 Å². The molecule has 4 aromatic carbocycles. The number of benzene rings is 4. The summed E-state index contributed by atoms with van der Waals surface area (Å²) in [7, 11) is 1.64. The Balaban J connectivity index is 0.924. The number of piperazine rings is 1. The SMILES string of the molecule is COc1ccc(OCC=Cc2ccc(CN3CCN(C(=O)C=Cc4cc(C)c(Oc5ccc(OCc6ccc(C#N)cc6)cn5)c(Cl)c4)CC3)cc2)cc1. The molecule has 1 amide bonds. The number of carbonyl (C=O) groups is 1. The van der Waals surface area contributed by atoms with Crippen molar-refractivity contribution >= 4 is 29.7 Å². The maximum Gasteiger partial charge on any atom is 0.246 e. The van der Waals surface area contributed by atoms with Gasteiger partial charge in [0.2, 0.25) is 11.8 Å². The number of methoxy groups -OCH3 is 1. The molecule has 6 rings (SSSR count). The van der Waals surface area contributed by atoms with Gasteiger partial charge in [0, 0.05) is 44.9 Å². The minimum atomic E-state index is -0.0263. The molecule has 54 heavy (non-hydrogen) atoms. The molecule has 5 aromatic rings. The summed E-state index contributed by atoms with van der Waals surface area (Å²) >= 11 is 6.62. The zero-order valence-corrected chi connectivity index (χ0v) is 31.0. The van der Waals surface area contributed by atoms with E-state index in [1.165, 1.54) is 5.56 Å². The standard InChI is InChI=1S/C44H41ClN4O5/c1-32-26-37(27-41(45)44(32)54-42-19-18-40(29-47-42)53-31-36-11-7-34(28-46)8-12-36)13-20-43(50)49-23-21-48(22-24-49)30-35-9-5-33(6-10-35)4-3-25-52-39-16-14-38(51-2)15-17-39/h3-20,26-27,29H,21-25,30-31H2,1-2H3. The first-order chi connectivity index (χ1) is 26.3. The van der Waals surface area contributed by atoms with E-state index in [4.69, 9.17) is 35.8 Å². The molecule has 1 fully saturated rings. The fourth-order valence-corrected chi connectivity index (χ4v) is 6.15. The van der Waals surface area contributed by atoms with Crippen LogP contribution in [0.15, 0.2) is 115 Å². The topological polar surface area (TPSA) is 97.2 Å². The van der Waals surface area contributed by atoms with E-state index in [9.17, 15) is 4.79 Å². The van der Waals surface area contributed by atoms with Crippen molar-refractivity contribution in [3.05, 3.63) is 154 Å². The number of halogens is 1. The maximum atomic E-state index is 13.1. The quantitative estimate of drug-likeness (QED) is 0.104. The Kier molecular flexibility index (Phi) is 13.0. The molecule has 2 heterocycles. The van der Waals surface area contributed by atoms with Crippen molar-refractivity contribution in [2.24, 2.45) is 0 Å². The molecule has 1 aliphatic rings. The number of nitrogens with zero attached hydrogens (tertiary/aromatic N) is 4. The van der Waals surface area contributed by atoms with Crippen LogP contribution in [0.3, 0.4) is 0 Å². The first-order valence-electron chi connectivity index (χ1n) is 17.6. The van der Waals surface area contributed by atoms with Crippen molar-refractivity contribution in [3.63, 3.8) is 0 Å². The average molecular weight is 741 g/mol. The van der Waals surface area contributed by atoms with Crippen LogP contribution in [0, 0.1) is 18.3 Å². The van der Waals surface area contributed by atoms with Crippen LogP contribution in [0.5, 0.6) is 28.9 Å². The lowest BCUT2D eigenvalue weighted by molar-refractivity contribution is -0.127. The van der Waals surface area contributed by atoms with Crippen molar-refractivity contribution in [2.45, 2.75) is 20.1 Å². The molecule has 1 saturated heterocycles. The zero-order chi connectivity index (χ0) is 37.7. The Bertz CT molecular complexity index is 2080. The predicted octanol–water partition coefficient (Wildman–Crippen LogP) is 8.74. The van der Waals surface area contributed by atoms with E-state index < -0.39 is 0 Å². The van der Waals surface area contributed by atoms with Gasteiger partial charge < -0.3 is 23.8 Å². The normalized spacial score (nSPS) is 13.2. The minimum absolute atomic E-state index is 0.0263. The molecule has 10 heteroatoms. The minimum Gasteiger partial charge on any atom is -0.497 e. The molecule has 0 aliphatic carbocycles. The molecule has 1 aromatic heterocycles. The van der Waals surface area contributed by atoms with Gasteiger partial charge in [-0.05, 0) is 101 Å². The molecule has 1 aliphatic heterocycles. The predicted molar refractivity (Wildman–Crippen MR) is 211 cm³/mol. The summed E-state index contributed by atoms with van der Waals surface area (Å²) in [6.07, 6.45) is 9.04. The lowest BCUT2D eigenvalue weighted by Gasteiger charge is -2.34. The van der Waals surface area contributed by atoms with E-state index in [2.05, 4.69) is 46.3 Å². The van der Waals surface area contributed by atoms with Gasteiger partial charge in [-0.25, -0.2) is 4.98 Å². The van der Waals surface area contributed by atoms with Crippen molar-refractivity contribution in [1.82, 2.24) is 14.8 Å². The maximum absolute atomic E-state index is 13.1. The van der Waals surface area contributed by atoms with Gasteiger partial charge in [0.15, 0.2) is 5.75 Å². The number of nitriles is 1. The molecular formula is C44H41ClN4O5. The van der Waals surface area contributed by atoms with Crippen molar-refractivity contribution in [2.75, 3.05) is 39.9 Å². The number of hydrogen-bond acceptors (Lipinski definition) is 8. The van der Waals surface area contributed by atoms with Crippen LogP contribution in [0.4, 0.5) is 0 Å². The van der Waals surface area contributed by atoms with Gasteiger partial charge in [0.25, 0.3) is 0 Å². The lowest BCUT2D eigenvalue weighted by Crippen LogP contribution is -2.47. The molecule has 0 radical (unpaired) electrons. The number of hydrogen-bond donors (Lipinski definition) is 0. The van der Waals surface area contributed by atoms with Gasteiger partial charge in [0.05, 0.1) is 30.0 Å². The summed E-state index contributed by atoms with van der Waals surface area (Å²) in [6, 6.07) is 32.6. The van der Waals surface area contributed by atoms with Crippen LogP contribution in [0.2, 0.25) is 5.02 Å². The van der Waals surface area contributed by atoms with E-state index in [0.717, 1.165) is 53.4 Å². The van der Waals surface area contributed by atoms with Gasteiger partial charge in [-0.15, -0.1) is 0 Å². The monoisotopic (exact) mass is 740 g/mol. The van der Waals surface area contributed by atoms with Crippen LogP contribution < -0.4 is 18.9 Å². The smallest absolute Gasteiger partial charge is 0.246 e. The molecule has 0 bridgehead atoms. The van der Waals surface area contributed by atoms with Crippen molar-refractivity contribution in [1.29, 1.82) is 5.26 Å². The molecule has 0 atom stereocenters. The summed E-state index contributed by atoms with van der Waals surface area (Å²) in [6.45, 7) is 6.51. The second-order valence-electron chi connectivity index (χ2n) is 12.7. The zero-order valence-electron chi connectivity index (χ0n) is 30.3. The summed E-state index contributed by atoms with van der Waals surface area (Å²) in [5.74, 6) is 3.04. The van der Waals surface area contributed by atoms with Crippen molar-refractivity contribution in [3.8, 4) is 34.9 Å². The molecule has 274 valence electrons. The van der Waals surface area contributed by atoms with Crippen molar-refractivity contribution < 1.29 is 23.7 Å². The number of carbonyl (C=O) groups excluding carboxylic acids is 1. The average Bonchev–Trinajstić information content (AvgIpc) is 3.21. The number of aromatic nitrogens is 1. The van der Waals surface area contributed by atoms with Gasteiger partial charge in [-0.1, -0.05) is 54.1 Å². The van der Waals surface area contributed by atoms with Gasteiger partial charge in [0.1, 0.15) is 30.5 Å². The number of pyridine rings is 1. The highest BCUT2D eigenvalue weighted by atomic mass is 35.5. The molecule has 0 spiro atoms. The summed E-state index contributed by atoms with van der Waals surface area (Å²) in [5.41, 5.74) is 5.52. The van der Waals surface area contributed by atoms with Crippen LogP contribution in [0.1, 0.15) is 33.4 Å². The second kappa shape index (κ2) is 18.6. The van der Waals surface area contributed by atoms with Crippen LogP contribution in [0.25, 0.3) is 12.2 Å². The Labute approximate surface area is 321 Å².